The molecule has 0 saturated heterocycles. The topological polar surface area (TPSA) is 52.3 Å². The number of hydrogen-bond donors (Lipinski definition) is 1. The summed E-state index contributed by atoms with van der Waals surface area (Å²) < 4.78 is 3.86. The predicted octanol–water partition coefficient (Wildman–Crippen LogP) is 2.91. The van der Waals surface area contributed by atoms with Gasteiger partial charge < -0.3 is 10.5 Å². The Bertz CT molecular complexity index is 327. The minimum Gasteiger partial charge on any atom is -0.471 e. The van der Waals surface area contributed by atoms with Gasteiger partial charge in [-0.05, 0) is 30.0 Å². The first-order chi connectivity index (χ1) is 7.51. The van der Waals surface area contributed by atoms with Crippen molar-refractivity contribution in [3.05, 3.63) is 28.8 Å². The minimum atomic E-state index is 0.375. The Labute approximate surface area is 102 Å². The number of ether oxygens (including phenoxy) is 1. The number of rotatable bonds is 3. The summed E-state index contributed by atoms with van der Waals surface area (Å²) in [7, 11) is 1.31. The van der Waals surface area contributed by atoms with Gasteiger partial charge in [-0.25, -0.2) is 0 Å². The molecule has 1 aromatic rings. The van der Waals surface area contributed by atoms with E-state index in [1.165, 1.54) is 12.7 Å². The highest BCUT2D eigenvalue weighted by Crippen LogP contribution is 2.20. The molecule has 0 amide bonds. The summed E-state index contributed by atoms with van der Waals surface area (Å²) in [5.41, 5.74) is 7.78. The fourth-order valence-electron chi connectivity index (χ4n) is 1.19. The highest BCUT2D eigenvalue weighted by molar-refractivity contribution is 6.30. The number of anilines is 1. The van der Waals surface area contributed by atoms with E-state index in [0.717, 1.165) is 12.1 Å². The molecule has 0 bridgehead atoms. The average molecular weight is 244 g/mol. The molecule has 0 aromatic heterocycles. The lowest BCUT2D eigenvalue weighted by atomic mass is 10.0. The van der Waals surface area contributed by atoms with Gasteiger partial charge in [0, 0.05) is 10.7 Å². The number of nitrogen functional groups attached to an aromatic ring is 1. The van der Waals surface area contributed by atoms with Gasteiger partial charge in [0.15, 0.2) is 0 Å². The average Bonchev–Trinajstić information content (AvgIpc) is 2.22. The monoisotopic (exact) mass is 243 g/mol. The van der Waals surface area contributed by atoms with Crippen LogP contribution in [-0.4, -0.2) is 13.6 Å². The van der Waals surface area contributed by atoms with Gasteiger partial charge in [0.2, 0.25) is 0 Å². The third-order valence-corrected chi connectivity index (χ3v) is 2.07. The second-order valence-electron chi connectivity index (χ2n) is 3.77. The first kappa shape index (κ1) is 14.8. The molecule has 0 heterocycles. The van der Waals surface area contributed by atoms with Crippen LogP contribution in [0.3, 0.4) is 0 Å². The van der Waals surface area contributed by atoms with Crippen molar-refractivity contribution in [2.75, 3.05) is 12.8 Å². The fraction of sp³-hybridized carbons (Fsp3) is 0.417. The lowest BCUT2D eigenvalue weighted by Gasteiger charge is -2.07. The summed E-state index contributed by atoms with van der Waals surface area (Å²) >= 11 is 5.77. The van der Waals surface area contributed by atoms with Gasteiger partial charge in [0.25, 0.3) is 6.47 Å². The van der Waals surface area contributed by atoms with Gasteiger partial charge in [0.1, 0.15) is 0 Å². The predicted molar refractivity (Wildman–Crippen MR) is 67.5 cm³/mol. The standard InChI is InChI=1S/C10H14ClN.C2H4O2/c1-7(2)5-8-3-4-9(11)6-10(8)12;1-4-2-3/h3-4,6-7H,5,12H2,1-2H3;2H,1H3. The lowest BCUT2D eigenvalue weighted by molar-refractivity contribution is -0.126. The zero-order chi connectivity index (χ0) is 12.6. The summed E-state index contributed by atoms with van der Waals surface area (Å²) in [6, 6.07) is 5.69. The summed E-state index contributed by atoms with van der Waals surface area (Å²) in [5, 5.41) is 0.708. The maximum absolute atomic E-state index is 8.95. The molecule has 0 spiro atoms. The number of carbonyl (C=O) groups excluding carboxylic acids is 1. The van der Waals surface area contributed by atoms with E-state index in [-0.39, 0.29) is 0 Å². The van der Waals surface area contributed by atoms with E-state index >= 15 is 0 Å². The summed E-state index contributed by atoms with van der Waals surface area (Å²) in [4.78, 5) is 8.95. The van der Waals surface area contributed by atoms with E-state index in [4.69, 9.17) is 22.1 Å². The van der Waals surface area contributed by atoms with Crippen molar-refractivity contribution >= 4 is 23.8 Å². The molecule has 1 rings (SSSR count). The zero-order valence-electron chi connectivity index (χ0n) is 9.87. The van der Waals surface area contributed by atoms with E-state index in [1.54, 1.807) is 6.07 Å². The highest BCUT2D eigenvalue weighted by Gasteiger charge is 2.01. The Balaban J connectivity index is 0.000000487. The first-order valence-electron chi connectivity index (χ1n) is 5.01. The molecular weight excluding hydrogens is 226 g/mol. The van der Waals surface area contributed by atoms with Crippen molar-refractivity contribution in [1.29, 1.82) is 0 Å². The van der Waals surface area contributed by atoms with E-state index in [2.05, 4.69) is 18.6 Å². The van der Waals surface area contributed by atoms with Crippen molar-refractivity contribution in [2.24, 2.45) is 5.92 Å². The maximum atomic E-state index is 8.95. The number of hydrogen-bond acceptors (Lipinski definition) is 3. The van der Waals surface area contributed by atoms with Crippen LogP contribution in [0, 0.1) is 5.92 Å². The van der Waals surface area contributed by atoms with Crippen molar-refractivity contribution in [1.82, 2.24) is 0 Å². The van der Waals surface area contributed by atoms with Crippen LogP contribution in [0.5, 0.6) is 0 Å². The molecule has 2 N–H and O–H groups in total. The minimum absolute atomic E-state index is 0.375. The molecule has 16 heavy (non-hydrogen) atoms. The SMILES string of the molecule is CC(C)Cc1ccc(Cl)cc1N.COC=O. The Morgan fingerprint density at radius 3 is 2.44 bits per heavy atom. The van der Waals surface area contributed by atoms with E-state index in [0.29, 0.717) is 17.4 Å². The Morgan fingerprint density at radius 2 is 2.06 bits per heavy atom. The van der Waals surface area contributed by atoms with Crippen LogP contribution < -0.4 is 5.73 Å². The van der Waals surface area contributed by atoms with Gasteiger partial charge in [-0.2, -0.15) is 0 Å². The highest BCUT2D eigenvalue weighted by atomic mass is 35.5. The Hall–Kier alpha value is -1.22. The molecule has 0 aliphatic carbocycles. The van der Waals surface area contributed by atoms with Gasteiger partial charge in [0.05, 0.1) is 7.11 Å². The van der Waals surface area contributed by atoms with Crippen LogP contribution in [0.4, 0.5) is 5.69 Å². The number of benzene rings is 1. The van der Waals surface area contributed by atoms with Crippen molar-refractivity contribution in [3.63, 3.8) is 0 Å². The molecule has 90 valence electrons. The zero-order valence-corrected chi connectivity index (χ0v) is 10.6. The number of carbonyl (C=O) groups is 1. The third kappa shape index (κ3) is 6.30. The van der Waals surface area contributed by atoms with Crippen LogP contribution in [0.1, 0.15) is 19.4 Å². The van der Waals surface area contributed by atoms with Gasteiger partial charge in [-0.3, -0.25) is 4.79 Å². The number of halogens is 1. The van der Waals surface area contributed by atoms with Gasteiger partial charge >= 0.3 is 0 Å². The molecule has 1 aromatic carbocycles. The maximum Gasteiger partial charge on any atom is 0.292 e. The normalized spacial score (nSPS) is 9.31. The summed E-state index contributed by atoms with van der Waals surface area (Å²) in [6.45, 7) is 4.72. The van der Waals surface area contributed by atoms with Crippen LogP contribution >= 0.6 is 11.6 Å². The van der Waals surface area contributed by atoms with Crippen LogP contribution in [0.2, 0.25) is 5.02 Å². The molecule has 0 unspecified atom stereocenters. The van der Waals surface area contributed by atoms with E-state index in [9.17, 15) is 0 Å². The molecule has 0 radical (unpaired) electrons. The molecule has 0 aliphatic rings. The number of nitrogens with two attached hydrogens (primary N) is 1. The Morgan fingerprint density at radius 1 is 1.50 bits per heavy atom. The molecule has 0 aliphatic heterocycles. The Kier molecular flexibility index (Phi) is 7.38. The molecule has 0 saturated carbocycles. The van der Waals surface area contributed by atoms with Gasteiger partial charge in [-0.15, -0.1) is 0 Å². The molecule has 0 atom stereocenters. The van der Waals surface area contributed by atoms with Crippen LogP contribution in [-0.2, 0) is 16.0 Å². The van der Waals surface area contributed by atoms with Crippen LogP contribution in [0.15, 0.2) is 18.2 Å². The van der Waals surface area contributed by atoms with E-state index < -0.39 is 0 Å². The molecular formula is C12H18ClNO2. The first-order valence-corrected chi connectivity index (χ1v) is 5.39. The molecule has 3 nitrogen and oxygen atoms in total. The van der Waals surface area contributed by atoms with E-state index in [1.807, 2.05) is 12.1 Å². The second-order valence-corrected chi connectivity index (χ2v) is 4.21. The summed E-state index contributed by atoms with van der Waals surface area (Å²) in [6.07, 6.45) is 1.02. The number of methoxy groups -OCH3 is 1. The molecule has 0 fully saturated rings. The fourth-order valence-corrected chi connectivity index (χ4v) is 1.37. The lowest BCUT2D eigenvalue weighted by Crippen LogP contribution is -1.98. The van der Waals surface area contributed by atoms with Crippen molar-refractivity contribution < 1.29 is 9.53 Å². The summed E-state index contributed by atoms with van der Waals surface area (Å²) in [5.74, 6) is 0.633. The second kappa shape index (κ2) is 7.99. The van der Waals surface area contributed by atoms with Gasteiger partial charge in [-0.1, -0.05) is 31.5 Å². The smallest absolute Gasteiger partial charge is 0.292 e. The quantitative estimate of drug-likeness (QED) is 0.656. The van der Waals surface area contributed by atoms with Crippen LogP contribution in [0.25, 0.3) is 0 Å². The molecule has 4 heteroatoms. The van der Waals surface area contributed by atoms with Crippen molar-refractivity contribution in [2.45, 2.75) is 20.3 Å². The third-order valence-electron chi connectivity index (χ3n) is 1.83. The largest absolute Gasteiger partial charge is 0.471 e. The van der Waals surface area contributed by atoms with Crippen molar-refractivity contribution in [3.8, 4) is 0 Å².